The van der Waals surface area contributed by atoms with Crippen molar-refractivity contribution < 1.29 is 19.4 Å². The van der Waals surface area contributed by atoms with Crippen LogP contribution in [0.25, 0.3) is 11.1 Å². The normalized spacial score (nSPS) is 19.2. The lowest BCUT2D eigenvalue weighted by atomic mass is 9.84. The molecule has 3 aromatic carbocycles. The van der Waals surface area contributed by atoms with E-state index < -0.39 is 17.6 Å². The molecule has 32 heavy (non-hydrogen) atoms. The third-order valence-electron chi connectivity index (χ3n) is 6.75. The van der Waals surface area contributed by atoms with Crippen LogP contribution < -0.4 is 5.32 Å². The van der Waals surface area contributed by atoms with E-state index in [0.717, 1.165) is 40.7 Å². The van der Waals surface area contributed by atoms with Crippen molar-refractivity contribution in [3.8, 4) is 11.1 Å². The van der Waals surface area contributed by atoms with Crippen molar-refractivity contribution >= 4 is 12.1 Å². The van der Waals surface area contributed by atoms with Gasteiger partial charge in [0.25, 0.3) is 0 Å². The van der Waals surface area contributed by atoms with E-state index in [-0.39, 0.29) is 12.5 Å². The van der Waals surface area contributed by atoms with Gasteiger partial charge in [0.1, 0.15) is 6.61 Å². The first-order valence-corrected chi connectivity index (χ1v) is 11.0. The number of nitrogens with one attached hydrogen (secondary N) is 1. The lowest BCUT2D eigenvalue weighted by molar-refractivity contribution is -0.145. The van der Waals surface area contributed by atoms with Crippen LogP contribution in [0.1, 0.15) is 47.4 Å². The van der Waals surface area contributed by atoms with Crippen molar-refractivity contribution in [2.75, 3.05) is 6.61 Å². The molecule has 0 aliphatic heterocycles. The summed E-state index contributed by atoms with van der Waals surface area (Å²) in [7, 11) is 0. The predicted molar refractivity (Wildman–Crippen MR) is 122 cm³/mol. The van der Waals surface area contributed by atoms with Gasteiger partial charge in [0.05, 0.1) is 0 Å². The summed E-state index contributed by atoms with van der Waals surface area (Å²) in [5, 5.41) is 12.9. The Morgan fingerprint density at radius 1 is 0.906 bits per heavy atom. The van der Waals surface area contributed by atoms with Gasteiger partial charge in [-0.25, -0.2) is 9.59 Å². The number of fused-ring (bicyclic) bond motifs is 4. The van der Waals surface area contributed by atoms with Crippen LogP contribution in [-0.2, 0) is 21.5 Å². The zero-order valence-corrected chi connectivity index (χ0v) is 17.7. The van der Waals surface area contributed by atoms with Crippen molar-refractivity contribution in [1.82, 2.24) is 5.32 Å². The molecule has 1 atom stereocenters. The summed E-state index contributed by atoms with van der Waals surface area (Å²) >= 11 is 0. The summed E-state index contributed by atoms with van der Waals surface area (Å²) in [4.78, 5) is 25.4. The molecule has 0 saturated carbocycles. The number of ether oxygens (including phenoxy) is 1. The Morgan fingerprint density at radius 3 is 2.22 bits per heavy atom. The highest BCUT2D eigenvalue weighted by molar-refractivity contribution is 5.86. The van der Waals surface area contributed by atoms with Gasteiger partial charge in [-0.3, -0.25) is 0 Å². The van der Waals surface area contributed by atoms with Crippen molar-refractivity contribution in [2.45, 2.75) is 37.1 Å². The van der Waals surface area contributed by atoms with Crippen molar-refractivity contribution in [3.63, 3.8) is 0 Å². The van der Waals surface area contributed by atoms with Crippen LogP contribution >= 0.6 is 0 Å². The summed E-state index contributed by atoms with van der Waals surface area (Å²) in [5.41, 5.74) is 4.68. The molecular weight excluding hydrogens is 402 g/mol. The zero-order valence-electron chi connectivity index (χ0n) is 17.7. The number of benzene rings is 3. The molecular formula is C27H25NO4. The van der Waals surface area contributed by atoms with Gasteiger partial charge in [-0.1, -0.05) is 72.8 Å². The van der Waals surface area contributed by atoms with Crippen LogP contribution in [-0.4, -0.2) is 23.8 Å². The van der Waals surface area contributed by atoms with E-state index >= 15 is 0 Å². The van der Waals surface area contributed by atoms with Gasteiger partial charge < -0.3 is 15.2 Å². The van der Waals surface area contributed by atoms with E-state index in [9.17, 15) is 14.7 Å². The number of hydrogen-bond donors (Lipinski definition) is 2. The van der Waals surface area contributed by atoms with Gasteiger partial charge in [0, 0.05) is 5.92 Å². The molecule has 0 saturated heterocycles. The molecule has 2 aliphatic rings. The smallest absolute Gasteiger partial charge is 0.408 e. The molecule has 2 aliphatic carbocycles. The van der Waals surface area contributed by atoms with Crippen LogP contribution in [0.15, 0.2) is 72.8 Å². The van der Waals surface area contributed by atoms with E-state index in [2.05, 4.69) is 29.6 Å². The fourth-order valence-corrected chi connectivity index (χ4v) is 5.21. The van der Waals surface area contributed by atoms with Gasteiger partial charge in [-0.2, -0.15) is 0 Å². The molecule has 1 amide bonds. The second kappa shape index (κ2) is 8.15. The van der Waals surface area contributed by atoms with Gasteiger partial charge in [-0.05, 0) is 59.1 Å². The van der Waals surface area contributed by atoms with E-state index in [0.29, 0.717) is 18.4 Å². The van der Waals surface area contributed by atoms with Crippen molar-refractivity contribution in [2.24, 2.45) is 0 Å². The average Bonchev–Trinajstić information content (AvgIpc) is 3.01. The topological polar surface area (TPSA) is 75.6 Å². The summed E-state index contributed by atoms with van der Waals surface area (Å²) < 4.78 is 5.66. The van der Waals surface area contributed by atoms with Gasteiger partial charge >= 0.3 is 12.1 Å². The Balaban J connectivity index is 1.39. The molecule has 2 N–H and O–H groups in total. The fraction of sp³-hybridized carbons (Fsp3) is 0.259. The first-order valence-electron chi connectivity index (χ1n) is 11.0. The molecule has 3 aromatic rings. The third kappa shape index (κ3) is 3.34. The van der Waals surface area contributed by atoms with E-state index in [4.69, 9.17) is 4.74 Å². The average molecular weight is 428 g/mol. The van der Waals surface area contributed by atoms with Gasteiger partial charge in [-0.15, -0.1) is 0 Å². The number of hydrogen-bond acceptors (Lipinski definition) is 3. The molecule has 0 spiro atoms. The molecule has 0 bridgehead atoms. The highest BCUT2D eigenvalue weighted by Gasteiger charge is 2.44. The highest BCUT2D eigenvalue weighted by Crippen LogP contribution is 2.44. The number of carboxylic acid groups (broad SMARTS) is 1. The number of rotatable bonds is 4. The molecule has 0 radical (unpaired) electrons. The lowest BCUT2D eigenvalue weighted by Gasteiger charge is -2.31. The minimum Gasteiger partial charge on any atom is -0.479 e. The Kier molecular flexibility index (Phi) is 5.17. The third-order valence-corrected chi connectivity index (χ3v) is 6.75. The predicted octanol–water partition coefficient (Wildman–Crippen LogP) is 5.23. The number of alkyl carbamates (subject to hydrolysis) is 1. The van der Waals surface area contributed by atoms with Crippen LogP contribution in [0, 0.1) is 0 Å². The maximum Gasteiger partial charge on any atom is 0.408 e. The SMILES string of the molecule is O=C(NC1(C(=O)O)CCCCc2ccccc21)OCC1c2ccccc2-c2ccccc21. The van der Waals surface area contributed by atoms with Crippen LogP contribution in [0.3, 0.4) is 0 Å². The lowest BCUT2D eigenvalue weighted by Crippen LogP contribution is -2.52. The first-order chi connectivity index (χ1) is 15.6. The zero-order chi connectivity index (χ0) is 22.1. The number of carbonyl (C=O) groups excluding carboxylic acids is 1. The molecule has 5 heteroatoms. The monoisotopic (exact) mass is 427 g/mol. The largest absolute Gasteiger partial charge is 0.479 e. The Morgan fingerprint density at radius 2 is 1.53 bits per heavy atom. The van der Waals surface area contributed by atoms with E-state index in [1.165, 1.54) is 0 Å². The number of carbonyl (C=O) groups is 2. The number of aliphatic carboxylic acids is 1. The Bertz CT molecular complexity index is 1140. The quantitative estimate of drug-likeness (QED) is 0.559. The molecule has 5 rings (SSSR count). The molecule has 1 unspecified atom stereocenters. The maximum absolute atomic E-state index is 12.9. The Hall–Kier alpha value is -3.60. The molecule has 162 valence electrons. The standard InChI is InChI=1S/C27H25NO4/c29-25(30)27(16-8-7-10-18-9-1-6-15-24(18)27)28-26(31)32-17-23-21-13-4-2-11-19(21)20-12-3-5-14-22(20)23/h1-6,9,11-15,23H,7-8,10,16-17H2,(H,28,31)(H,29,30). The number of carboxylic acids is 1. The second-order valence-corrected chi connectivity index (χ2v) is 8.53. The second-order valence-electron chi connectivity index (χ2n) is 8.53. The molecule has 0 aromatic heterocycles. The minimum atomic E-state index is -1.48. The maximum atomic E-state index is 12.9. The highest BCUT2D eigenvalue weighted by atomic mass is 16.5. The van der Waals surface area contributed by atoms with Crippen LogP contribution in [0.5, 0.6) is 0 Å². The van der Waals surface area contributed by atoms with Crippen molar-refractivity contribution in [1.29, 1.82) is 0 Å². The fourth-order valence-electron chi connectivity index (χ4n) is 5.21. The summed E-state index contributed by atoms with van der Waals surface area (Å²) in [5.74, 6) is -1.13. The number of amides is 1. The summed E-state index contributed by atoms with van der Waals surface area (Å²) in [6.45, 7) is 0.150. The first kappa shape index (κ1) is 20.3. The molecule has 0 fully saturated rings. The Labute approximate surface area is 187 Å². The van der Waals surface area contributed by atoms with Crippen LogP contribution in [0.4, 0.5) is 4.79 Å². The van der Waals surface area contributed by atoms with Crippen molar-refractivity contribution in [3.05, 3.63) is 95.1 Å². The van der Waals surface area contributed by atoms with E-state index in [1.807, 2.05) is 42.5 Å². The summed E-state index contributed by atoms with van der Waals surface area (Å²) in [6, 6.07) is 23.7. The van der Waals surface area contributed by atoms with Gasteiger partial charge in [0.2, 0.25) is 0 Å². The van der Waals surface area contributed by atoms with Crippen LogP contribution in [0.2, 0.25) is 0 Å². The van der Waals surface area contributed by atoms with E-state index in [1.54, 1.807) is 6.07 Å². The summed E-state index contributed by atoms with van der Waals surface area (Å²) in [6.07, 6.45) is 2.04. The number of aryl methyl sites for hydroxylation is 1. The van der Waals surface area contributed by atoms with Gasteiger partial charge in [0.15, 0.2) is 5.54 Å². The minimum absolute atomic E-state index is 0.0738. The molecule has 5 nitrogen and oxygen atoms in total. The molecule has 0 heterocycles.